The van der Waals surface area contributed by atoms with Crippen molar-refractivity contribution < 1.29 is 18.7 Å². The van der Waals surface area contributed by atoms with Gasteiger partial charge in [-0.25, -0.2) is 4.39 Å². The van der Waals surface area contributed by atoms with Crippen LogP contribution in [0.15, 0.2) is 103 Å². The Morgan fingerprint density at radius 3 is 2.14 bits per heavy atom. The summed E-state index contributed by atoms with van der Waals surface area (Å²) in [5, 5.41) is 3.01. The molecule has 4 aromatic carbocycles. The minimum atomic E-state index is -0.498. The number of halogens is 1. The van der Waals surface area contributed by atoms with Gasteiger partial charge < -0.3 is 15.0 Å². The highest BCUT2D eigenvalue weighted by atomic mass is 19.1. The standard InChI is InChI=1S/C29H23FN2O3/c30-23-13-11-20(12-14-23)18-32-25-17-24(15-16-26(25)35-19-27(32)33)31-29(34)28(21-7-3-1-4-8-21)22-9-5-2-6-10-22/h1-17,28H,18-19H2,(H,31,34). The van der Waals surface area contributed by atoms with Gasteiger partial charge in [0.1, 0.15) is 11.6 Å². The van der Waals surface area contributed by atoms with Crippen molar-refractivity contribution in [3.63, 3.8) is 0 Å². The highest BCUT2D eigenvalue weighted by Gasteiger charge is 2.27. The first-order chi connectivity index (χ1) is 17.1. The number of nitrogens with one attached hydrogen (secondary N) is 1. The molecule has 0 saturated heterocycles. The Labute approximate surface area is 202 Å². The van der Waals surface area contributed by atoms with Crippen molar-refractivity contribution in [2.75, 3.05) is 16.8 Å². The molecule has 0 spiro atoms. The van der Waals surface area contributed by atoms with Gasteiger partial charge in [-0.2, -0.15) is 0 Å². The summed E-state index contributed by atoms with van der Waals surface area (Å²) in [4.78, 5) is 27.8. The molecule has 0 radical (unpaired) electrons. The molecule has 5 rings (SSSR count). The normalized spacial score (nSPS) is 12.7. The predicted molar refractivity (Wildman–Crippen MR) is 133 cm³/mol. The van der Waals surface area contributed by atoms with E-state index < -0.39 is 5.92 Å². The van der Waals surface area contributed by atoms with Gasteiger partial charge in [0.05, 0.1) is 18.2 Å². The second-order valence-electron chi connectivity index (χ2n) is 8.32. The first-order valence-corrected chi connectivity index (χ1v) is 11.3. The SMILES string of the molecule is O=C(Nc1ccc2c(c1)N(Cc1ccc(F)cc1)C(=O)CO2)C(c1ccccc1)c1ccccc1. The van der Waals surface area contributed by atoms with E-state index in [1.807, 2.05) is 60.7 Å². The number of carbonyl (C=O) groups excluding carboxylic acids is 2. The van der Waals surface area contributed by atoms with Gasteiger partial charge >= 0.3 is 0 Å². The summed E-state index contributed by atoms with van der Waals surface area (Å²) in [6.07, 6.45) is 0. The topological polar surface area (TPSA) is 58.6 Å². The molecule has 1 aliphatic heterocycles. The average molecular weight is 467 g/mol. The third-order valence-electron chi connectivity index (χ3n) is 5.95. The third kappa shape index (κ3) is 4.92. The summed E-state index contributed by atoms with van der Waals surface area (Å²) < 4.78 is 18.9. The van der Waals surface area contributed by atoms with Crippen molar-refractivity contribution in [1.82, 2.24) is 0 Å². The molecular weight excluding hydrogens is 443 g/mol. The maximum Gasteiger partial charge on any atom is 0.265 e. The van der Waals surface area contributed by atoms with Crippen molar-refractivity contribution >= 4 is 23.2 Å². The summed E-state index contributed by atoms with van der Waals surface area (Å²) in [5.41, 5.74) is 3.65. The van der Waals surface area contributed by atoms with Crippen LogP contribution in [0.1, 0.15) is 22.6 Å². The zero-order valence-electron chi connectivity index (χ0n) is 18.9. The van der Waals surface area contributed by atoms with Gasteiger partial charge in [-0.3, -0.25) is 9.59 Å². The van der Waals surface area contributed by atoms with E-state index in [4.69, 9.17) is 4.74 Å². The smallest absolute Gasteiger partial charge is 0.265 e. The highest BCUT2D eigenvalue weighted by molar-refractivity contribution is 6.01. The van der Waals surface area contributed by atoms with Crippen LogP contribution < -0.4 is 15.0 Å². The molecule has 0 bridgehead atoms. The molecule has 0 unspecified atom stereocenters. The van der Waals surface area contributed by atoms with E-state index in [2.05, 4.69) is 5.32 Å². The van der Waals surface area contributed by atoms with Crippen molar-refractivity contribution in [2.24, 2.45) is 0 Å². The van der Waals surface area contributed by atoms with Gasteiger partial charge in [-0.05, 0) is 47.0 Å². The molecule has 0 saturated carbocycles. The molecule has 0 fully saturated rings. The molecule has 6 heteroatoms. The monoisotopic (exact) mass is 466 g/mol. The summed E-state index contributed by atoms with van der Waals surface area (Å²) >= 11 is 0. The van der Waals surface area contributed by atoms with Crippen LogP contribution in [0.3, 0.4) is 0 Å². The molecule has 1 aliphatic rings. The Morgan fingerprint density at radius 1 is 0.886 bits per heavy atom. The Balaban J connectivity index is 1.44. The van der Waals surface area contributed by atoms with Gasteiger partial charge in [0.2, 0.25) is 5.91 Å². The zero-order chi connectivity index (χ0) is 24.2. The van der Waals surface area contributed by atoms with Gasteiger partial charge in [-0.15, -0.1) is 0 Å². The van der Waals surface area contributed by atoms with Crippen LogP contribution in [-0.2, 0) is 16.1 Å². The molecule has 5 nitrogen and oxygen atoms in total. The second-order valence-corrected chi connectivity index (χ2v) is 8.32. The van der Waals surface area contributed by atoms with Crippen LogP contribution in [0.2, 0.25) is 0 Å². The number of rotatable bonds is 6. The van der Waals surface area contributed by atoms with Crippen LogP contribution in [0.25, 0.3) is 0 Å². The second kappa shape index (κ2) is 9.81. The maximum atomic E-state index is 13.5. The molecule has 0 aromatic heterocycles. The van der Waals surface area contributed by atoms with E-state index in [0.717, 1.165) is 16.7 Å². The lowest BCUT2D eigenvalue weighted by Gasteiger charge is -2.30. The Hall–Kier alpha value is -4.45. The number of carbonyl (C=O) groups is 2. The van der Waals surface area contributed by atoms with E-state index >= 15 is 0 Å². The van der Waals surface area contributed by atoms with E-state index in [9.17, 15) is 14.0 Å². The fraction of sp³-hybridized carbons (Fsp3) is 0.103. The van der Waals surface area contributed by atoms with E-state index in [0.29, 0.717) is 17.1 Å². The lowest BCUT2D eigenvalue weighted by molar-refractivity contribution is -0.121. The number of benzene rings is 4. The molecule has 0 atom stereocenters. The molecule has 174 valence electrons. The highest BCUT2D eigenvalue weighted by Crippen LogP contribution is 2.36. The fourth-order valence-corrected chi connectivity index (χ4v) is 4.23. The van der Waals surface area contributed by atoms with Gasteiger partial charge in [0.15, 0.2) is 6.61 Å². The molecular formula is C29H23FN2O3. The predicted octanol–water partition coefficient (Wildman–Crippen LogP) is 5.52. The van der Waals surface area contributed by atoms with E-state index in [1.165, 1.54) is 12.1 Å². The maximum absolute atomic E-state index is 13.5. The van der Waals surface area contributed by atoms with Crippen molar-refractivity contribution in [3.8, 4) is 5.75 Å². The summed E-state index contributed by atoms with van der Waals surface area (Å²) in [6, 6.07) is 30.5. The zero-order valence-corrected chi connectivity index (χ0v) is 18.9. The summed E-state index contributed by atoms with van der Waals surface area (Å²) in [7, 11) is 0. The summed E-state index contributed by atoms with van der Waals surface area (Å²) in [6.45, 7) is 0.188. The fourth-order valence-electron chi connectivity index (χ4n) is 4.23. The Bertz CT molecular complexity index is 1300. The van der Waals surface area contributed by atoms with Crippen LogP contribution >= 0.6 is 0 Å². The number of fused-ring (bicyclic) bond motifs is 1. The number of amides is 2. The van der Waals surface area contributed by atoms with E-state index in [-0.39, 0.29) is 30.8 Å². The number of anilines is 2. The van der Waals surface area contributed by atoms with Gasteiger partial charge in [0, 0.05) is 5.69 Å². The Morgan fingerprint density at radius 2 is 1.51 bits per heavy atom. The number of nitrogens with zero attached hydrogens (tertiary/aromatic N) is 1. The van der Waals surface area contributed by atoms with Gasteiger partial charge in [-0.1, -0.05) is 72.8 Å². The minimum Gasteiger partial charge on any atom is -0.482 e. The third-order valence-corrected chi connectivity index (χ3v) is 5.95. The summed E-state index contributed by atoms with van der Waals surface area (Å²) in [5.74, 6) is -0.680. The van der Waals surface area contributed by atoms with Crippen LogP contribution in [0.5, 0.6) is 5.75 Å². The molecule has 1 N–H and O–H groups in total. The molecule has 0 aliphatic carbocycles. The van der Waals surface area contributed by atoms with Crippen molar-refractivity contribution in [3.05, 3.63) is 126 Å². The molecule has 2 amide bonds. The number of hydrogen-bond acceptors (Lipinski definition) is 3. The molecule has 4 aromatic rings. The van der Waals surface area contributed by atoms with Gasteiger partial charge in [0.25, 0.3) is 5.91 Å². The number of hydrogen-bond donors (Lipinski definition) is 1. The lowest BCUT2D eigenvalue weighted by Crippen LogP contribution is -2.38. The Kier molecular flexibility index (Phi) is 6.26. The van der Waals surface area contributed by atoms with Crippen LogP contribution in [0, 0.1) is 5.82 Å². The van der Waals surface area contributed by atoms with Crippen molar-refractivity contribution in [2.45, 2.75) is 12.5 Å². The quantitative estimate of drug-likeness (QED) is 0.407. The minimum absolute atomic E-state index is 0.0794. The van der Waals surface area contributed by atoms with Crippen LogP contribution in [-0.4, -0.2) is 18.4 Å². The molecule has 1 heterocycles. The first kappa shape index (κ1) is 22.3. The number of ether oxygens (including phenoxy) is 1. The average Bonchev–Trinajstić information content (AvgIpc) is 2.88. The molecule has 35 heavy (non-hydrogen) atoms. The lowest BCUT2D eigenvalue weighted by atomic mass is 9.90. The van der Waals surface area contributed by atoms with Crippen molar-refractivity contribution in [1.29, 1.82) is 0 Å². The first-order valence-electron chi connectivity index (χ1n) is 11.3. The van der Waals surface area contributed by atoms with E-state index in [1.54, 1.807) is 35.2 Å². The van der Waals surface area contributed by atoms with Crippen LogP contribution in [0.4, 0.5) is 15.8 Å². The largest absolute Gasteiger partial charge is 0.482 e.